The van der Waals surface area contributed by atoms with E-state index in [9.17, 15) is 0 Å². The zero-order chi connectivity index (χ0) is 10.3. The minimum absolute atomic E-state index is 0.381. The highest BCUT2D eigenvalue weighted by atomic mass is 14.4. The molecule has 0 spiro atoms. The summed E-state index contributed by atoms with van der Waals surface area (Å²) in [6.45, 7) is 8.35. The lowest BCUT2D eigenvalue weighted by molar-refractivity contribution is 0.738. The SMILES string of the molecule is C/C=C\C(=C/C(=N)C(C)CC)CC. The Bertz CT molecular complexity index is 211. The van der Waals surface area contributed by atoms with Crippen LogP contribution in [0.2, 0.25) is 0 Å². The Morgan fingerprint density at radius 1 is 1.38 bits per heavy atom. The zero-order valence-electron chi connectivity index (χ0n) is 9.22. The first-order valence-electron chi connectivity index (χ1n) is 5.07. The molecule has 1 atom stereocenters. The molecule has 1 N–H and O–H groups in total. The van der Waals surface area contributed by atoms with Gasteiger partial charge in [-0.05, 0) is 37.3 Å². The van der Waals surface area contributed by atoms with Gasteiger partial charge in [0.25, 0.3) is 0 Å². The molecule has 74 valence electrons. The first kappa shape index (κ1) is 12.2. The lowest BCUT2D eigenvalue weighted by Gasteiger charge is -2.07. The summed E-state index contributed by atoms with van der Waals surface area (Å²) in [5.74, 6) is 0.381. The number of nitrogens with one attached hydrogen (secondary N) is 1. The van der Waals surface area contributed by atoms with Gasteiger partial charge in [0, 0.05) is 5.71 Å². The number of hydrogen-bond acceptors (Lipinski definition) is 1. The van der Waals surface area contributed by atoms with Crippen molar-refractivity contribution in [2.45, 2.75) is 40.5 Å². The van der Waals surface area contributed by atoms with Crippen LogP contribution in [0.25, 0.3) is 0 Å². The summed E-state index contributed by atoms with van der Waals surface area (Å²) in [4.78, 5) is 0. The van der Waals surface area contributed by atoms with Crippen LogP contribution >= 0.6 is 0 Å². The first-order valence-corrected chi connectivity index (χ1v) is 5.07. The molecule has 1 heteroatoms. The molecule has 0 aliphatic heterocycles. The third kappa shape index (κ3) is 4.66. The van der Waals surface area contributed by atoms with E-state index in [2.05, 4.69) is 26.8 Å². The van der Waals surface area contributed by atoms with Crippen LogP contribution in [-0.4, -0.2) is 5.71 Å². The highest BCUT2D eigenvalue weighted by Gasteiger charge is 2.03. The second-order valence-corrected chi connectivity index (χ2v) is 3.34. The van der Waals surface area contributed by atoms with Crippen molar-refractivity contribution in [1.29, 1.82) is 5.41 Å². The Kier molecular flexibility index (Phi) is 6.21. The van der Waals surface area contributed by atoms with Crippen LogP contribution in [0.15, 0.2) is 23.8 Å². The number of hydrogen-bond donors (Lipinski definition) is 1. The lowest BCUT2D eigenvalue weighted by Crippen LogP contribution is -2.05. The molecule has 0 rings (SSSR count). The van der Waals surface area contributed by atoms with Crippen molar-refractivity contribution in [2.24, 2.45) is 5.92 Å². The fraction of sp³-hybridized carbons (Fsp3) is 0.583. The van der Waals surface area contributed by atoms with E-state index in [1.807, 2.05) is 19.1 Å². The van der Waals surface area contributed by atoms with Crippen molar-refractivity contribution in [2.75, 3.05) is 0 Å². The summed E-state index contributed by atoms with van der Waals surface area (Å²) >= 11 is 0. The normalized spacial score (nSPS) is 14.9. The van der Waals surface area contributed by atoms with E-state index in [-0.39, 0.29) is 0 Å². The molecule has 0 aromatic carbocycles. The zero-order valence-corrected chi connectivity index (χ0v) is 9.22. The van der Waals surface area contributed by atoms with Crippen molar-refractivity contribution in [3.05, 3.63) is 23.8 Å². The van der Waals surface area contributed by atoms with E-state index < -0.39 is 0 Å². The smallest absolute Gasteiger partial charge is 0.0344 e. The Labute approximate surface area is 82.1 Å². The van der Waals surface area contributed by atoms with Gasteiger partial charge in [0.1, 0.15) is 0 Å². The molecule has 1 unspecified atom stereocenters. The second-order valence-electron chi connectivity index (χ2n) is 3.34. The molecule has 0 fully saturated rings. The monoisotopic (exact) mass is 179 g/mol. The maximum atomic E-state index is 7.80. The standard InChI is InChI=1S/C12H21N/c1-5-8-11(7-3)9-12(13)10(4)6-2/h5,8-10,13H,6-7H2,1-4H3/b8-5-,11-9-,13-12?. The van der Waals surface area contributed by atoms with Gasteiger partial charge >= 0.3 is 0 Å². The van der Waals surface area contributed by atoms with Crippen LogP contribution in [-0.2, 0) is 0 Å². The predicted molar refractivity (Wildman–Crippen MR) is 60.4 cm³/mol. The second kappa shape index (κ2) is 6.64. The van der Waals surface area contributed by atoms with E-state index in [0.717, 1.165) is 18.6 Å². The van der Waals surface area contributed by atoms with E-state index in [1.165, 1.54) is 5.57 Å². The van der Waals surface area contributed by atoms with Crippen LogP contribution in [0.3, 0.4) is 0 Å². The minimum atomic E-state index is 0.381. The summed E-state index contributed by atoms with van der Waals surface area (Å²) in [5, 5.41) is 7.80. The minimum Gasteiger partial charge on any atom is -0.305 e. The highest BCUT2D eigenvalue weighted by Crippen LogP contribution is 2.09. The number of allylic oxidation sites excluding steroid dienone is 4. The van der Waals surface area contributed by atoms with Crippen LogP contribution in [0.1, 0.15) is 40.5 Å². The molecule has 0 aromatic heterocycles. The molecule has 0 saturated carbocycles. The fourth-order valence-corrected chi connectivity index (χ4v) is 1.04. The van der Waals surface area contributed by atoms with Crippen molar-refractivity contribution < 1.29 is 0 Å². The maximum Gasteiger partial charge on any atom is 0.0344 e. The van der Waals surface area contributed by atoms with Crippen LogP contribution in [0.4, 0.5) is 0 Å². The predicted octanol–water partition coefficient (Wildman–Crippen LogP) is 3.96. The van der Waals surface area contributed by atoms with E-state index in [0.29, 0.717) is 5.92 Å². The van der Waals surface area contributed by atoms with Gasteiger partial charge in [-0.15, -0.1) is 0 Å². The van der Waals surface area contributed by atoms with Gasteiger partial charge in [0.15, 0.2) is 0 Å². The average molecular weight is 179 g/mol. The summed E-state index contributed by atoms with van der Waals surface area (Å²) < 4.78 is 0. The average Bonchev–Trinajstić information content (AvgIpc) is 2.15. The quantitative estimate of drug-likeness (QED) is 0.488. The first-order chi connectivity index (χ1) is 6.15. The molecular weight excluding hydrogens is 158 g/mol. The van der Waals surface area contributed by atoms with Crippen molar-refractivity contribution in [3.63, 3.8) is 0 Å². The van der Waals surface area contributed by atoms with Gasteiger partial charge in [0.2, 0.25) is 0 Å². The van der Waals surface area contributed by atoms with E-state index >= 15 is 0 Å². The summed E-state index contributed by atoms with van der Waals surface area (Å²) in [7, 11) is 0. The topological polar surface area (TPSA) is 23.9 Å². The van der Waals surface area contributed by atoms with Crippen molar-refractivity contribution in [1.82, 2.24) is 0 Å². The summed E-state index contributed by atoms with van der Waals surface area (Å²) in [6, 6.07) is 0. The molecule has 0 heterocycles. The molecule has 0 aliphatic carbocycles. The van der Waals surface area contributed by atoms with Gasteiger partial charge in [-0.25, -0.2) is 0 Å². The van der Waals surface area contributed by atoms with Crippen molar-refractivity contribution >= 4 is 5.71 Å². The number of rotatable bonds is 5. The summed E-state index contributed by atoms with van der Waals surface area (Å²) in [5.41, 5.74) is 1.99. The Morgan fingerprint density at radius 2 is 2.00 bits per heavy atom. The molecule has 0 aliphatic rings. The highest BCUT2D eigenvalue weighted by molar-refractivity contribution is 5.94. The van der Waals surface area contributed by atoms with Crippen molar-refractivity contribution in [3.8, 4) is 0 Å². The van der Waals surface area contributed by atoms with Gasteiger partial charge < -0.3 is 5.41 Å². The molecule has 0 bridgehead atoms. The molecule has 13 heavy (non-hydrogen) atoms. The van der Waals surface area contributed by atoms with Gasteiger partial charge in [-0.1, -0.05) is 32.9 Å². The van der Waals surface area contributed by atoms with Crippen LogP contribution < -0.4 is 0 Å². The Balaban J connectivity index is 4.41. The Morgan fingerprint density at radius 3 is 2.38 bits per heavy atom. The van der Waals surface area contributed by atoms with Crippen LogP contribution in [0, 0.1) is 11.3 Å². The maximum absolute atomic E-state index is 7.80. The molecule has 1 nitrogen and oxygen atoms in total. The molecule has 0 amide bonds. The lowest BCUT2D eigenvalue weighted by atomic mass is 10.00. The molecule has 0 saturated heterocycles. The Hall–Kier alpha value is -0.850. The molecule has 0 radical (unpaired) electrons. The molecule has 0 aromatic rings. The summed E-state index contributed by atoms with van der Waals surface area (Å²) in [6.07, 6.45) is 8.15. The third-order valence-corrected chi connectivity index (χ3v) is 2.27. The van der Waals surface area contributed by atoms with Crippen LogP contribution in [0.5, 0.6) is 0 Å². The van der Waals surface area contributed by atoms with Gasteiger partial charge in [-0.3, -0.25) is 0 Å². The van der Waals surface area contributed by atoms with Gasteiger partial charge in [0.05, 0.1) is 0 Å². The fourth-order valence-electron chi connectivity index (χ4n) is 1.04. The molecular formula is C12H21N. The largest absolute Gasteiger partial charge is 0.305 e. The van der Waals surface area contributed by atoms with Gasteiger partial charge in [-0.2, -0.15) is 0 Å². The third-order valence-electron chi connectivity index (χ3n) is 2.27. The van der Waals surface area contributed by atoms with E-state index in [1.54, 1.807) is 0 Å². The van der Waals surface area contributed by atoms with E-state index in [4.69, 9.17) is 5.41 Å².